The second-order valence-electron chi connectivity index (χ2n) is 2.46. The molecule has 0 unspecified atom stereocenters. The molecule has 0 bridgehead atoms. The highest BCUT2D eigenvalue weighted by Gasteiger charge is 2.11. The Bertz CT molecular complexity index is 260. The summed E-state index contributed by atoms with van der Waals surface area (Å²) in [6.45, 7) is 0. The van der Waals surface area contributed by atoms with Crippen molar-refractivity contribution in [3.63, 3.8) is 0 Å². The number of benzene rings is 1. The van der Waals surface area contributed by atoms with Crippen molar-refractivity contribution in [1.82, 2.24) is 0 Å². The number of hydrogen-bond acceptors (Lipinski definition) is 1. The lowest BCUT2D eigenvalue weighted by Crippen LogP contribution is -2.10. The Balaban J connectivity index is 2.58. The first-order valence-electron chi connectivity index (χ1n) is 3.57. The molecule has 0 saturated carbocycles. The maximum Gasteiger partial charge on any atom is 0.235 e. The molecule has 1 rings (SSSR count). The summed E-state index contributed by atoms with van der Waals surface area (Å²) in [7, 11) is 0. The summed E-state index contributed by atoms with van der Waals surface area (Å²) in [6, 6.07) is 9.75. The van der Waals surface area contributed by atoms with Crippen LogP contribution < -0.4 is 0 Å². The summed E-state index contributed by atoms with van der Waals surface area (Å²) in [5.41, 5.74) is 1.10. The average Bonchev–Trinajstić information content (AvgIpc) is 2.06. The molecule has 0 aliphatic rings. The third kappa shape index (κ3) is 2.95. The van der Waals surface area contributed by atoms with Crippen LogP contribution in [0.15, 0.2) is 30.3 Å². The minimum atomic E-state index is -0.348. The van der Waals surface area contributed by atoms with E-state index in [0.717, 1.165) is 5.56 Å². The lowest BCUT2D eigenvalue weighted by Gasteiger charge is -2.03. The Hall–Kier alpha value is -0.340. The summed E-state index contributed by atoms with van der Waals surface area (Å²) < 4.78 is 0. The molecule has 0 aliphatic carbocycles. The topological polar surface area (TPSA) is 17.1 Å². The van der Waals surface area contributed by atoms with Gasteiger partial charge in [0.2, 0.25) is 5.24 Å². The summed E-state index contributed by atoms with van der Waals surface area (Å²) in [5.74, 6) is 0. The van der Waals surface area contributed by atoms with Crippen LogP contribution in [0.3, 0.4) is 0 Å². The molecule has 1 atom stereocenters. The predicted molar refractivity (Wildman–Crippen MR) is 53.7 cm³/mol. The van der Waals surface area contributed by atoms with Crippen LogP contribution in [0.25, 0.3) is 0 Å². The van der Waals surface area contributed by atoms with E-state index in [1.54, 1.807) is 0 Å². The van der Waals surface area contributed by atoms with E-state index in [-0.39, 0.29) is 10.1 Å². The van der Waals surface area contributed by atoms with E-state index in [9.17, 15) is 4.79 Å². The minimum absolute atomic E-state index is 0.276. The van der Waals surface area contributed by atoms with Crippen LogP contribution in [0, 0.1) is 0 Å². The highest BCUT2D eigenvalue weighted by molar-refractivity contribution is 9.10. The highest BCUT2D eigenvalue weighted by atomic mass is 79.9. The van der Waals surface area contributed by atoms with Gasteiger partial charge in [0.15, 0.2) is 0 Å². The third-order valence-corrected chi connectivity index (χ3v) is 2.77. The predicted octanol–water partition coefficient (Wildman–Crippen LogP) is 2.76. The molecule has 3 heteroatoms. The summed E-state index contributed by atoms with van der Waals surface area (Å²) in [6.07, 6.45) is 0.642. The lowest BCUT2D eigenvalue weighted by molar-refractivity contribution is -0.111. The zero-order valence-corrected chi connectivity index (χ0v) is 8.68. The average molecular weight is 248 g/mol. The fraction of sp³-hybridized carbons (Fsp3) is 0.222. The second kappa shape index (κ2) is 4.63. The van der Waals surface area contributed by atoms with E-state index in [0.29, 0.717) is 6.42 Å². The van der Waals surface area contributed by atoms with Crippen LogP contribution >= 0.6 is 27.5 Å². The van der Waals surface area contributed by atoms with Gasteiger partial charge in [0.05, 0.1) is 4.83 Å². The molecule has 1 aromatic carbocycles. The van der Waals surface area contributed by atoms with Crippen LogP contribution in [0.2, 0.25) is 0 Å². The summed E-state index contributed by atoms with van der Waals surface area (Å²) in [4.78, 5) is 10.4. The van der Waals surface area contributed by atoms with E-state index in [2.05, 4.69) is 15.9 Å². The van der Waals surface area contributed by atoms with Crippen molar-refractivity contribution in [1.29, 1.82) is 0 Å². The molecule has 0 aromatic heterocycles. The van der Waals surface area contributed by atoms with Gasteiger partial charge < -0.3 is 0 Å². The van der Waals surface area contributed by atoms with Crippen LogP contribution in [-0.4, -0.2) is 10.1 Å². The van der Waals surface area contributed by atoms with Crippen molar-refractivity contribution in [2.75, 3.05) is 0 Å². The number of hydrogen-bond donors (Lipinski definition) is 0. The molecule has 1 aromatic rings. The van der Waals surface area contributed by atoms with Gasteiger partial charge >= 0.3 is 0 Å². The number of halogens is 2. The number of carbonyl (C=O) groups excluding carboxylic acids is 1. The van der Waals surface area contributed by atoms with Gasteiger partial charge in [-0.3, -0.25) is 4.79 Å². The first kappa shape index (κ1) is 9.75. The molecule has 12 heavy (non-hydrogen) atoms. The SMILES string of the molecule is O=C(Cl)[C@@H](Br)Cc1ccccc1. The number of carbonyl (C=O) groups is 1. The van der Waals surface area contributed by atoms with Crippen LogP contribution in [-0.2, 0) is 11.2 Å². The van der Waals surface area contributed by atoms with Crippen molar-refractivity contribution in [2.45, 2.75) is 11.2 Å². The van der Waals surface area contributed by atoms with Gasteiger partial charge in [-0.1, -0.05) is 46.3 Å². The molecule has 0 spiro atoms. The Morgan fingerprint density at radius 2 is 2.00 bits per heavy atom. The fourth-order valence-corrected chi connectivity index (χ4v) is 1.35. The molecule has 0 radical (unpaired) electrons. The molecular weight excluding hydrogens is 239 g/mol. The molecule has 0 heterocycles. The van der Waals surface area contributed by atoms with Crippen LogP contribution in [0.1, 0.15) is 5.56 Å². The second-order valence-corrected chi connectivity index (χ2v) is 3.94. The minimum Gasteiger partial charge on any atom is -0.280 e. The van der Waals surface area contributed by atoms with Crippen molar-refractivity contribution < 1.29 is 4.79 Å². The monoisotopic (exact) mass is 246 g/mol. The van der Waals surface area contributed by atoms with Crippen LogP contribution in [0.5, 0.6) is 0 Å². The van der Waals surface area contributed by atoms with Gasteiger partial charge in [-0.25, -0.2) is 0 Å². The quantitative estimate of drug-likeness (QED) is 0.593. The molecule has 0 aliphatic heterocycles. The van der Waals surface area contributed by atoms with Gasteiger partial charge in [0, 0.05) is 0 Å². The van der Waals surface area contributed by atoms with Gasteiger partial charge in [0.25, 0.3) is 0 Å². The molecule has 64 valence electrons. The smallest absolute Gasteiger partial charge is 0.235 e. The Kier molecular flexibility index (Phi) is 3.76. The van der Waals surface area contributed by atoms with Gasteiger partial charge in [-0.05, 0) is 23.6 Å². The van der Waals surface area contributed by atoms with E-state index >= 15 is 0 Å². The number of rotatable bonds is 3. The first-order valence-corrected chi connectivity index (χ1v) is 4.87. The van der Waals surface area contributed by atoms with E-state index in [1.807, 2.05) is 30.3 Å². The lowest BCUT2D eigenvalue weighted by atomic mass is 10.1. The van der Waals surface area contributed by atoms with Crippen molar-refractivity contribution in [3.8, 4) is 0 Å². The molecular formula is C9H8BrClO. The molecule has 0 fully saturated rings. The molecule has 0 N–H and O–H groups in total. The van der Waals surface area contributed by atoms with E-state index in [1.165, 1.54) is 0 Å². The van der Waals surface area contributed by atoms with Crippen molar-refractivity contribution in [3.05, 3.63) is 35.9 Å². The number of alkyl halides is 1. The highest BCUT2D eigenvalue weighted by Crippen LogP contribution is 2.12. The van der Waals surface area contributed by atoms with Crippen LogP contribution in [0.4, 0.5) is 0 Å². The Morgan fingerprint density at radius 1 is 1.42 bits per heavy atom. The molecule has 1 nitrogen and oxygen atoms in total. The van der Waals surface area contributed by atoms with Gasteiger partial charge in [-0.15, -0.1) is 0 Å². The molecule has 0 saturated heterocycles. The van der Waals surface area contributed by atoms with Gasteiger partial charge in [-0.2, -0.15) is 0 Å². The Morgan fingerprint density at radius 3 is 2.50 bits per heavy atom. The summed E-state index contributed by atoms with van der Waals surface area (Å²) in [5, 5.41) is -0.348. The fourth-order valence-electron chi connectivity index (χ4n) is 0.901. The normalized spacial score (nSPS) is 12.5. The molecule has 0 amide bonds. The standard InChI is InChI=1S/C9H8BrClO/c10-8(9(11)12)6-7-4-2-1-3-5-7/h1-5,8H,6H2/t8-/m0/s1. The van der Waals surface area contributed by atoms with E-state index < -0.39 is 0 Å². The summed E-state index contributed by atoms with van der Waals surface area (Å²) >= 11 is 8.49. The van der Waals surface area contributed by atoms with E-state index in [4.69, 9.17) is 11.6 Å². The van der Waals surface area contributed by atoms with Gasteiger partial charge in [0.1, 0.15) is 0 Å². The van der Waals surface area contributed by atoms with Crippen molar-refractivity contribution in [2.24, 2.45) is 0 Å². The zero-order chi connectivity index (χ0) is 8.97. The first-order chi connectivity index (χ1) is 5.70. The zero-order valence-electron chi connectivity index (χ0n) is 6.34. The largest absolute Gasteiger partial charge is 0.280 e. The third-order valence-electron chi connectivity index (χ3n) is 1.50. The maximum atomic E-state index is 10.7. The Labute approximate surface area is 84.9 Å². The maximum absolute atomic E-state index is 10.7. The van der Waals surface area contributed by atoms with Crippen molar-refractivity contribution >= 4 is 32.8 Å².